The van der Waals surface area contributed by atoms with Gasteiger partial charge in [0.1, 0.15) is 24.1 Å². The van der Waals surface area contributed by atoms with Gasteiger partial charge in [-0.15, -0.1) is 6.42 Å². The van der Waals surface area contributed by atoms with Crippen LogP contribution in [0.15, 0.2) is 48.0 Å². The lowest BCUT2D eigenvalue weighted by Gasteiger charge is -2.11. The van der Waals surface area contributed by atoms with E-state index < -0.39 is 11.7 Å². The molecular weight excluding hydrogens is 347 g/mol. The van der Waals surface area contributed by atoms with Gasteiger partial charge in [0.05, 0.1) is 12.3 Å². The van der Waals surface area contributed by atoms with Crippen LogP contribution in [-0.2, 0) is 4.79 Å². The van der Waals surface area contributed by atoms with Gasteiger partial charge in [0.15, 0.2) is 11.5 Å². The Bertz CT molecular complexity index is 939. The fourth-order valence-electron chi connectivity index (χ4n) is 2.19. The highest BCUT2D eigenvalue weighted by Crippen LogP contribution is 2.29. The molecule has 0 unspecified atom stereocenters. The average Bonchev–Trinajstić information content (AvgIpc) is 2.67. The minimum absolute atomic E-state index is 0.00307. The summed E-state index contributed by atoms with van der Waals surface area (Å²) in [6.45, 7) is 2.30. The lowest BCUT2D eigenvalue weighted by molar-refractivity contribution is -0.112. The number of halogens is 1. The van der Waals surface area contributed by atoms with Crippen molar-refractivity contribution in [1.82, 2.24) is 0 Å². The van der Waals surface area contributed by atoms with E-state index in [4.69, 9.17) is 15.9 Å². The number of benzene rings is 2. The van der Waals surface area contributed by atoms with E-state index in [1.807, 2.05) is 13.0 Å². The molecule has 0 bridgehead atoms. The summed E-state index contributed by atoms with van der Waals surface area (Å²) in [5.41, 5.74) is 0.362. The highest BCUT2D eigenvalue weighted by Gasteiger charge is 2.13. The zero-order chi connectivity index (χ0) is 19.6. The second-order valence-electron chi connectivity index (χ2n) is 5.24. The van der Waals surface area contributed by atoms with Crippen molar-refractivity contribution in [2.24, 2.45) is 0 Å². The van der Waals surface area contributed by atoms with Crippen molar-refractivity contribution in [2.75, 3.05) is 18.5 Å². The standard InChI is InChI=1S/C21H17FN2O3/c1-3-11-27-19-10-9-15(13-20(19)26-4-2)12-16(14-23)21(25)24-18-8-6-5-7-17(18)22/h1,5-10,12-13H,4,11H2,2H3,(H,24,25)/b16-12+. The van der Waals surface area contributed by atoms with Gasteiger partial charge < -0.3 is 14.8 Å². The van der Waals surface area contributed by atoms with Crippen molar-refractivity contribution >= 4 is 17.7 Å². The zero-order valence-electron chi connectivity index (χ0n) is 14.7. The summed E-state index contributed by atoms with van der Waals surface area (Å²) in [7, 11) is 0. The molecule has 27 heavy (non-hydrogen) atoms. The highest BCUT2D eigenvalue weighted by atomic mass is 19.1. The molecule has 0 saturated carbocycles. The molecule has 0 aliphatic heterocycles. The number of nitrogens with one attached hydrogen (secondary N) is 1. The summed E-state index contributed by atoms with van der Waals surface area (Å²) in [5, 5.41) is 11.7. The Morgan fingerprint density at radius 3 is 2.70 bits per heavy atom. The summed E-state index contributed by atoms with van der Waals surface area (Å²) in [6, 6.07) is 12.5. The van der Waals surface area contributed by atoms with Crippen molar-refractivity contribution in [3.05, 3.63) is 59.4 Å². The fourth-order valence-corrected chi connectivity index (χ4v) is 2.19. The maximum atomic E-state index is 13.7. The number of terminal acetylenes is 1. The number of hydrogen-bond donors (Lipinski definition) is 1. The maximum Gasteiger partial charge on any atom is 0.266 e. The number of ether oxygens (including phenoxy) is 2. The van der Waals surface area contributed by atoms with E-state index >= 15 is 0 Å². The fraction of sp³-hybridized carbons (Fsp3) is 0.143. The van der Waals surface area contributed by atoms with Crippen LogP contribution in [0, 0.1) is 29.5 Å². The highest BCUT2D eigenvalue weighted by molar-refractivity contribution is 6.09. The molecule has 5 nitrogen and oxygen atoms in total. The Kier molecular flexibility index (Phi) is 6.99. The lowest BCUT2D eigenvalue weighted by atomic mass is 10.1. The van der Waals surface area contributed by atoms with Gasteiger partial charge in [-0.05, 0) is 42.8 Å². The third-order valence-electron chi connectivity index (χ3n) is 3.38. The smallest absolute Gasteiger partial charge is 0.266 e. The Labute approximate surface area is 157 Å². The number of nitrogens with zero attached hydrogens (tertiary/aromatic N) is 1. The van der Waals surface area contributed by atoms with E-state index in [0.29, 0.717) is 23.7 Å². The second kappa shape index (κ2) is 9.65. The van der Waals surface area contributed by atoms with Crippen LogP contribution in [0.3, 0.4) is 0 Å². The van der Waals surface area contributed by atoms with Gasteiger partial charge in [-0.3, -0.25) is 4.79 Å². The molecule has 6 heteroatoms. The summed E-state index contributed by atoms with van der Waals surface area (Å²) in [6.07, 6.45) is 6.57. The quantitative estimate of drug-likeness (QED) is 0.461. The normalized spacial score (nSPS) is 10.4. The van der Waals surface area contributed by atoms with Gasteiger partial charge in [0.25, 0.3) is 5.91 Å². The molecule has 2 aromatic rings. The van der Waals surface area contributed by atoms with Crippen LogP contribution < -0.4 is 14.8 Å². The summed E-state index contributed by atoms with van der Waals surface area (Å²) >= 11 is 0. The number of carbonyl (C=O) groups excluding carboxylic acids is 1. The molecule has 0 aliphatic rings. The number of amides is 1. The third kappa shape index (κ3) is 5.35. The Morgan fingerprint density at radius 2 is 2.04 bits per heavy atom. The number of hydrogen-bond acceptors (Lipinski definition) is 4. The SMILES string of the molecule is C#CCOc1ccc(/C=C(\C#N)C(=O)Nc2ccccc2F)cc1OCC. The number of para-hydroxylation sites is 1. The predicted octanol–water partition coefficient (Wildman–Crippen LogP) is 3.78. The van der Waals surface area contributed by atoms with E-state index in [1.54, 1.807) is 24.3 Å². The Hall–Kier alpha value is -3.77. The van der Waals surface area contributed by atoms with Gasteiger partial charge in [-0.2, -0.15) is 5.26 Å². The molecule has 1 N–H and O–H groups in total. The van der Waals surface area contributed by atoms with Crippen LogP contribution in [0.1, 0.15) is 12.5 Å². The van der Waals surface area contributed by atoms with Crippen molar-refractivity contribution in [2.45, 2.75) is 6.92 Å². The van der Waals surface area contributed by atoms with Crippen LogP contribution in [0.2, 0.25) is 0 Å². The zero-order valence-corrected chi connectivity index (χ0v) is 14.7. The molecule has 1 amide bonds. The molecule has 0 spiro atoms. The van der Waals surface area contributed by atoms with Gasteiger partial charge in [0, 0.05) is 0 Å². The van der Waals surface area contributed by atoms with Crippen LogP contribution in [-0.4, -0.2) is 19.1 Å². The number of nitriles is 1. The minimum Gasteiger partial charge on any atom is -0.490 e. The summed E-state index contributed by atoms with van der Waals surface area (Å²) in [4.78, 5) is 12.3. The van der Waals surface area contributed by atoms with Crippen molar-refractivity contribution in [3.63, 3.8) is 0 Å². The largest absolute Gasteiger partial charge is 0.490 e. The van der Waals surface area contributed by atoms with Crippen LogP contribution in [0.4, 0.5) is 10.1 Å². The molecule has 0 aromatic heterocycles. The van der Waals surface area contributed by atoms with E-state index in [9.17, 15) is 14.4 Å². The Morgan fingerprint density at radius 1 is 1.26 bits per heavy atom. The topological polar surface area (TPSA) is 71.3 Å². The molecule has 0 atom stereocenters. The summed E-state index contributed by atoms with van der Waals surface area (Å²) < 4.78 is 24.6. The van der Waals surface area contributed by atoms with Gasteiger partial charge in [-0.25, -0.2) is 4.39 Å². The molecule has 2 rings (SSSR count). The van der Waals surface area contributed by atoms with Crippen LogP contribution in [0.25, 0.3) is 6.08 Å². The molecule has 0 aliphatic carbocycles. The van der Waals surface area contributed by atoms with Crippen molar-refractivity contribution in [3.8, 4) is 29.9 Å². The van der Waals surface area contributed by atoms with Crippen molar-refractivity contribution in [1.29, 1.82) is 5.26 Å². The molecule has 0 heterocycles. The van der Waals surface area contributed by atoms with E-state index in [-0.39, 0.29) is 17.9 Å². The lowest BCUT2D eigenvalue weighted by Crippen LogP contribution is -2.14. The van der Waals surface area contributed by atoms with E-state index in [1.165, 1.54) is 24.3 Å². The Balaban J connectivity index is 2.27. The van der Waals surface area contributed by atoms with Gasteiger partial charge in [-0.1, -0.05) is 24.1 Å². The first-order valence-corrected chi connectivity index (χ1v) is 8.09. The molecule has 0 saturated heterocycles. The van der Waals surface area contributed by atoms with Crippen LogP contribution in [0.5, 0.6) is 11.5 Å². The first-order valence-electron chi connectivity index (χ1n) is 8.09. The second-order valence-corrected chi connectivity index (χ2v) is 5.24. The first-order chi connectivity index (χ1) is 13.1. The third-order valence-corrected chi connectivity index (χ3v) is 3.38. The first kappa shape index (κ1) is 19.6. The molecule has 0 fully saturated rings. The number of carbonyl (C=O) groups is 1. The van der Waals surface area contributed by atoms with E-state index in [0.717, 1.165) is 0 Å². The maximum absolute atomic E-state index is 13.7. The number of anilines is 1. The molecular formula is C21H17FN2O3. The summed E-state index contributed by atoms with van der Waals surface area (Å²) in [5.74, 6) is 1.96. The van der Waals surface area contributed by atoms with E-state index in [2.05, 4.69) is 11.2 Å². The average molecular weight is 364 g/mol. The predicted molar refractivity (Wildman–Crippen MR) is 101 cm³/mol. The molecule has 2 aromatic carbocycles. The van der Waals surface area contributed by atoms with Crippen LogP contribution >= 0.6 is 0 Å². The number of rotatable bonds is 7. The molecule has 136 valence electrons. The monoisotopic (exact) mass is 364 g/mol. The van der Waals surface area contributed by atoms with Gasteiger partial charge in [0.2, 0.25) is 0 Å². The minimum atomic E-state index is -0.715. The molecule has 0 radical (unpaired) electrons. The van der Waals surface area contributed by atoms with Gasteiger partial charge >= 0.3 is 0 Å². The van der Waals surface area contributed by atoms with Crippen molar-refractivity contribution < 1.29 is 18.7 Å².